The first-order valence-electron chi connectivity index (χ1n) is 11.1. The van der Waals surface area contributed by atoms with Crippen LogP contribution in [-0.4, -0.2) is 59.3 Å². The number of fused-ring (bicyclic) bond motifs is 2. The molecule has 9 heteroatoms. The fourth-order valence-electron chi connectivity index (χ4n) is 4.57. The quantitative estimate of drug-likeness (QED) is 0.579. The number of nitrogens with zero attached hydrogens (tertiary/aromatic N) is 3. The summed E-state index contributed by atoms with van der Waals surface area (Å²) in [7, 11) is 0. The largest absolute Gasteiger partial charge is 0.365 e. The van der Waals surface area contributed by atoms with Gasteiger partial charge in [0.25, 0.3) is 5.91 Å². The highest BCUT2D eigenvalue weighted by Gasteiger charge is 2.26. The van der Waals surface area contributed by atoms with Crippen LogP contribution in [0.15, 0.2) is 24.3 Å². The van der Waals surface area contributed by atoms with Gasteiger partial charge in [-0.15, -0.1) is 22.7 Å². The van der Waals surface area contributed by atoms with Crippen molar-refractivity contribution in [3.05, 3.63) is 45.3 Å². The molecule has 0 saturated carbocycles. The number of amides is 2. The van der Waals surface area contributed by atoms with Crippen molar-refractivity contribution in [2.75, 3.05) is 38.0 Å². The van der Waals surface area contributed by atoms with Gasteiger partial charge in [0, 0.05) is 31.1 Å². The normalized spacial score (nSPS) is 17.4. The van der Waals surface area contributed by atoms with Gasteiger partial charge in [0.15, 0.2) is 0 Å². The summed E-state index contributed by atoms with van der Waals surface area (Å²) in [6, 6.07) is 8.24. The second kappa shape index (κ2) is 9.27. The third-order valence-corrected chi connectivity index (χ3v) is 8.43. The Kier molecular flexibility index (Phi) is 6.23. The number of nitrogens with one attached hydrogen (secondary N) is 1. The molecule has 2 aromatic heterocycles. The molecule has 3 heterocycles. The summed E-state index contributed by atoms with van der Waals surface area (Å²) in [5.41, 5.74) is 8.28. The summed E-state index contributed by atoms with van der Waals surface area (Å²) in [6.45, 7) is 4.66. The minimum absolute atomic E-state index is 0.0780. The van der Waals surface area contributed by atoms with E-state index in [2.05, 4.69) is 27.2 Å². The molecule has 0 radical (unpaired) electrons. The van der Waals surface area contributed by atoms with Gasteiger partial charge in [-0.1, -0.05) is 12.1 Å². The predicted octanol–water partition coefficient (Wildman–Crippen LogP) is 3.09. The molecule has 3 aromatic rings. The van der Waals surface area contributed by atoms with Crippen LogP contribution in [0.25, 0.3) is 10.2 Å². The van der Waals surface area contributed by atoms with Gasteiger partial charge in [-0.05, 0) is 43.4 Å². The van der Waals surface area contributed by atoms with Crippen molar-refractivity contribution in [1.82, 2.24) is 14.8 Å². The summed E-state index contributed by atoms with van der Waals surface area (Å²) in [4.78, 5) is 35.2. The number of carbonyl (C=O) groups excluding carboxylic acids is 2. The zero-order chi connectivity index (χ0) is 22.1. The van der Waals surface area contributed by atoms with Crippen LogP contribution in [-0.2, 0) is 24.2 Å². The first-order chi connectivity index (χ1) is 15.6. The zero-order valence-corrected chi connectivity index (χ0v) is 19.6. The molecular formula is C23H27N5O2S2. The highest BCUT2D eigenvalue weighted by atomic mass is 32.1. The number of thiophene rings is 1. The first-order valence-corrected chi connectivity index (χ1v) is 12.7. The first kappa shape index (κ1) is 21.5. The Labute approximate surface area is 195 Å². The van der Waals surface area contributed by atoms with Crippen LogP contribution in [0.2, 0.25) is 0 Å². The van der Waals surface area contributed by atoms with Crippen LogP contribution in [0, 0.1) is 0 Å². The minimum atomic E-state index is -0.442. The van der Waals surface area contributed by atoms with Crippen LogP contribution in [0.1, 0.15) is 38.6 Å². The van der Waals surface area contributed by atoms with Crippen molar-refractivity contribution in [3.63, 3.8) is 0 Å². The lowest BCUT2D eigenvalue weighted by molar-refractivity contribution is -0.117. The summed E-state index contributed by atoms with van der Waals surface area (Å²) >= 11 is 3.27. The van der Waals surface area contributed by atoms with Gasteiger partial charge in [0.05, 0.1) is 28.9 Å². The molecule has 3 N–H and O–H groups in total. The monoisotopic (exact) mass is 469 g/mol. The molecule has 0 spiro atoms. The summed E-state index contributed by atoms with van der Waals surface area (Å²) in [5.74, 6) is -0.520. The summed E-state index contributed by atoms with van der Waals surface area (Å²) in [6.07, 6.45) is 4.03. The molecule has 0 bridgehead atoms. The molecule has 1 aliphatic heterocycles. The molecule has 1 aromatic carbocycles. The maximum absolute atomic E-state index is 12.7. The molecule has 5 rings (SSSR count). The van der Waals surface area contributed by atoms with Crippen molar-refractivity contribution in [1.29, 1.82) is 0 Å². The van der Waals surface area contributed by atoms with Gasteiger partial charge in [-0.25, -0.2) is 4.98 Å². The number of para-hydroxylation sites is 1. The number of aromatic nitrogens is 1. The van der Waals surface area contributed by atoms with Gasteiger partial charge in [-0.3, -0.25) is 19.4 Å². The Hall–Kier alpha value is -2.33. The molecule has 1 fully saturated rings. The number of aryl methyl sites for hydroxylation is 1. The average Bonchev–Trinajstić information content (AvgIpc) is 3.35. The van der Waals surface area contributed by atoms with Crippen LogP contribution < -0.4 is 11.1 Å². The smallest absolute Gasteiger partial charge is 0.251 e. The van der Waals surface area contributed by atoms with E-state index >= 15 is 0 Å². The Morgan fingerprint density at radius 1 is 1.03 bits per heavy atom. The molecule has 0 atom stereocenters. The maximum atomic E-state index is 12.7. The Balaban J connectivity index is 1.15. The highest BCUT2D eigenvalue weighted by Crippen LogP contribution is 2.37. The Morgan fingerprint density at radius 2 is 1.78 bits per heavy atom. The summed E-state index contributed by atoms with van der Waals surface area (Å²) in [5, 5.41) is 4.74. The van der Waals surface area contributed by atoms with E-state index in [1.165, 1.54) is 20.9 Å². The number of anilines is 1. The molecule has 2 amide bonds. The molecule has 7 nitrogen and oxygen atoms in total. The van der Waals surface area contributed by atoms with E-state index < -0.39 is 5.91 Å². The van der Waals surface area contributed by atoms with E-state index in [1.54, 1.807) is 11.3 Å². The van der Waals surface area contributed by atoms with E-state index in [-0.39, 0.29) is 5.91 Å². The summed E-state index contributed by atoms with van der Waals surface area (Å²) < 4.78 is 1.23. The second-order valence-electron chi connectivity index (χ2n) is 8.46. The van der Waals surface area contributed by atoms with Crippen molar-refractivity contribution in [3.8, 4) is 0 Å². The number of primary amides is 1. The molecule has 168 valence electrons. The van der Waals surface area contributed by atoms with Gasteiger partial charge in [-0.2, -0.15) is 0 Å². The minimum Gasteiger partial charge on any atom is -0.365 e. The van der Waals surface area contributed by atoms with E-state index in [0.29, 0.717) is 17.1 Å². The zero-order valence-electron chi connectivity index (χ0n) is 17.9. The van der Waals surface area contributed by atoms with Gasteiger partial charge < -0.3 is 11.1 Å². The lowest BCUT2D eigenvalue weighted by atomic mass is 9.95. The highest BCUT2D eigenvalue weighted by molar-refractivity contribution is 7.18. The van der Waals surface area contributed by atoms with E-state index in [1.807, 2.05) is 12.1 Å². The molecule has 0 unspecified atom stereocenters. The topological polar surface area (TPSA) is 91.6 Å². The van der Waals surface area contributed by atoms with E-state index in [0.717, 1.165) is 74.5 Å². The number of hydrogen-bond acceptors (Lipinski definition) is 7. The maximum Gasteiger partial charge on any atom is 0.251 e. The van der Waals surface area contributed by atoms with Gasteiger partial charge in [0.2, 0.25) is 5.91 Å². The van der Waals surface area contributed by atoms with Crippen molar-refractivity contribution in [2.24, 2.45) is 5.73 Å². The molecule has 2 aliphatic rings. The van der Waals surface area contributed by atoms with E-state index in [9.17, 15) is 9.59 Å². The standard InChI is InChI=1S/C23H27N5O2S2/c24-22(30)21-15-5-1-3-7-17(15)32-23(21)26-19(29)13-27-9-11-28(12-10-27)14-20-25-16-6-2-4-8-18(16)31-20/h2,4,6,8H,1,3,5,7,9-14H2,(H2,24,30)(H,26,29). The van der Waals surface area contributed by atoms with Gasteiger partial charge >= 0.3 is 0 Å². The Morgan fingerprint density at radius 3 is 2.56 bits per heavy atom. The number of rotatable bonds is 6. The fourth-order valence-corrected chi connectivity index (χ4v) is 6.89. The predicted molar refractivity (Wildman–Crippen MR) is 129 cm³/mol. The average molecular weight is 470 g/mol. The second-order valence-corrected chi connectivity index (χ2v) is 10.7. The van der Waals surface area contributed by atoms with Crippen molar-refractivity contribution >= 4 is 49.7 Å². The number of benzene rings is 1. The third kappa shape index (κ3) is 4.56. The van der Waals surface area contributed by atoms with Gasteiger partial charge in [0.1, 0.15) is 10.0 Å². The molecule has 1 saturated heterocycles. The lowest BCUT2D eigenvalue weighted by Gasteiger charge is -2.33. The Bertz CT molecular complexity index is 1110. The van der Waals surface area contributed by atoms with E-state index in [4.69, 9.17) is 10.7 Å². The SMILES string of the molecule is NC(=O)c1c(NC(=O)CN2CCN(Cc3nc4ccccc4s3)CC2)sc2c1CCCC2. The number of thiazole rings is 1. The van der Waals surface area contributed by atoms with Crippen LogP contribution in [0.4, 0.5) is 5.00 Å². The number of nitrogens with two attached hydrogens (primary N) is 1. The van der Waals surface area contributed by atoms with Crippen LogP contribution in [0.3, 0.4) is 0 Å². The fraction of sp³-hybridized carbons (Fsp3) is 0.435. The lowest BCUT2D eigenvalue weighted by Crippen LogP contribution is -2.48. The number of hydrogen-bond donors (Lipinski definition) is 2. The molecule has 32 heavy (non-hydrogen) atoms. The number of carbonyl (C=O) groups is 2. The number of piperazine rings is 1. The molecule has 1 aliphatic carbocycles. The van der Waals surface area contributed by atoms with Crippen LogP contribution >= 0.6 is 22.7 Å². The van der Waals surface area contributed by atoms with Crippen LogP contribution in [0.5, 0.6) is 0 Å². The molecular weight excluding hydrogens is 442 g/mol. The third-order valence-electron chi connectivity index (χ3n) is 6.20. The van der Waals surface area contributed by atoms with Crippen molar-refractivity contribution in [2.45, 2.75) is 32.2 Å². The van der Waals surface area contributed by atoms with Crippen molar-refractivity contribution < 1.29 is 9.59 Å².